The minimum absolute atomic E-state index is 0. The van der Waals surface area contributed by atoms with Crippen molar-refractivity contribution in [1.82, 2.24) is 4.57 Å². The standard InChI is InChI=1S/C26H15NO.Y/c1-2-8-19(9-3-1)27-17-23(20-10-4-6-12-24(20)27)18-14-15-26-22(16-18)21-11-5-7-13-25(21)28-26;/h1-8,10-16H;/q-2;. The monoisotopic (exact) mass is 446 g/mol. The van der Waals surface area contributed by atoms with Gasteiger partial charge in [-0.25, -0.2) is 6.07 Å². The molecule has 0 saturated carbocycles. The summed E-state index contributed by atoms with van der Waals surface area (Å²) in [5.41, 5.74) is 6.15. The summed E-state index contributed by atoms with van der Waals surface area (Å²) in [5, 5.41) is 3.44. The van der Waals surface area contributed by atoms with Gasteiger partial charge in [0.15, 0.2) is 0 Å². The number of para-hydroxylation sites is 3. The number of rotatable bonds is 2. The molecular formula is C26H15NOY-2. The summed E-state index contributed by atoms with van der Waals surface area (Å²) in [5.74, 6) is 0. The van der Waals surface area contributed by atoms with Gasteiger partial charge in [-0.2, -0.15) is 24.3 Å². The van der Waals surface area contributed by atoms with E-state index >= 15 is 0 Å². The van der Waals surface area contributed by atoms with Gasteiger partial charge in [0.2, 0.25) is 0 Å². The molecule has 2 heterocycles. The molecule has 0 bridgehead atoms. The molecule has 0 N–H and O–H groups in total. The van der Waals surface area contributed by atoms with E-state index in [1.54, 1.807) is 0 Å². The van der Waals surface area contributed by atoms with Crippen LogP contribution in [0.5, 0.6) is 0 Å². The molecule has 3 heteroatoms. The molecule has 0 unspecified atom stereocenters. The van der Waals surface area contributed by atoms with Gasteiger partial charge in [-0.3, -0.25) is 0 Å². The molecule has 0 aliphatic heterocycles. The summed E-state index contributed by atoms with van der Waals surface area (Å²) in [6, 6.07) is 34.3. The van der Waals surface area contributed by atoms with Gasteiger partial charge < -0.3 is 8.98 Å². The Labute approximate surface area is 193 Å². The Kier molecular flexibility index (Phi) is 4.62. The second-order valence-electron chi connectivity index (χ2n) is 6.90. The van der Waals surface area contributed by atoms with Crippen molar-refractivity contribution >= 4 is 32.8 Å². The number of hydrogen-bond donors (Lipinski definition) is 0. The van der Waals surface area contributed by atoms with Crippen LogP contribution in [-0.4, -0.2) is 4.57 Å². The number of furan rings is 1. The third-order valence-corrected chi connectivity index (χ3v) is 5.24. The zero-order chi connectivity index (χ0) is 18.5. The maximum absolute atomic E-state index is 5.98. The predicted molar refractivity (Wildman–Crippen MR) is 114 cm³/mol. The molecule has 6 aromatic rings. The second-order valence-corrected chi connectivity index (χ2v) is 6.90. The van der Waals surface area contributed by atoms with E-state index in [2.05, 4.69) is 71.4 Å². The minimum Gasteiger partial charge on any atom is -0.456 e. The van der Waals surface area contributed by atoms with Gasteiger partial charge in [0.1, 0.15) is 11.2 Å². The van der Waals surface area contributed by atoms with E-state index in [9.17, 15) is 0 Å². The summed E-state index contributed by atoms with van der Waals surface area (Å²) in [6.45, 7) is 0. The van der Waals surface area contributed by atoms with Crippen LogP contribution in [0.1, 0.15) is 0 Å². The van der Waals surface area contributed by atoms with E-state index in [1.165, 1.54) is 5.39 Å². The molecule has 0 aliphatic rings. The van der Waals surface area contributed by atoms with E-state index in [0.717, 1.165) is 44.3 Å². The average Bonchev–Trinajstić information content (AvgIpc) is 3.33. The number of fused-ring (bicyclic) bond motifs is 4. The van der Waals surface area contributed by atoms with Crippen LogP contribution in [0.15, 0.2) is 95.4 Å². The topological polar surface area (TPSA) is 18.1 Å². The Morgan fingerprint density at radius 2 is 1.45 bits per heavy atom. The molecule has 29 heavy (non-hydrogen) atoms. The molecule has 0 amide bonds. The second kappa shape index (κ2) is 7.29. The largest absolute Gasteiger partial charge is 0.456 e. The summed E-state index contributed by atoms with van der Waals surface area (Å²) in [4.78, 5) is 0. The van der Waals surface area contributed by atoms with Gasteiger partial charge in [0, 0.05) is 43.5 Å². The van der Waals surface area contributed by atoms with Crippen molar-refractivity contribution in [3.8, 4) is 16.8 Å². The van der Waals surface area contributed by atoms with Crippen molar-refractivity contribution in [3.05, 3.63) is 103 Å². The Balaban J connectivity index is 0.00000181. The van der Waals surface area contributed by atoms with E-state index < -0.39 is 0 Å². The quantitative estimate of drug-likeness (QED) is 0.268. The Morgan fingerprint density at radius 3 is 2.31 bits per heavy atom. The molecule has 0 aliphatic carbocycles. The smallest absolute Gasteiger partial charge is 0.135 e. The third-order valence-electron chi connectivity index (χ3n) is 5.24. The first kappa shape index (κ1) is 18.4. The van der Waals surface area contributed by atoms with Crippen LogP contribution in [-0.2, 0) is 32.7 Å². The number of aromatic nitrogens is 1. The van der Waals surface area contributed by atoms with Crippen molar-refractivity contribution in [3.63, 3.8) is 0 Å². The van der Waals surface area contributed by atoms with Crippen LogP contribution in [0.25, 0.3) is 49.7 Å². The van der Waals surface area contributed by atoms with E-state index in [4.69, 9.17) is 4.42 Å². The first-order valence-corrected chi connectivity index (χ1v) is 9.30. The van der Waals surface area contributed by atoms with Crippen molar-refractivity contribution in [1.29, 1.82) is 0 Å². The molecule has 1 radical (unpaired) electrons. The third kappa shape index (κ3) is 2.95. The van der Waals surface area contributed by atoms with Gasteiger partial charge in [-0.1, -0.05) is 71.1 Å². The average molecular weight is 446 g/mol. The number of nitrogens with zero attached hydrogens (tertiary/aromatic N) is 1. The van der Waals surface area contributed by atoms with Crippen LogP contribution >= 0.6 is 0 Å². The fourth-order valence-corrected chi connectivity index (χ4v) is 3.93. The van der Waals surface area contributed by atoms with Gasteiger partial charge in [-0.15, -0.1) is 5.69 Å². The SMILES string of the molecule is [Y].[c-]1ccccc1-n1[c-]c(-c2ccc3oc4ccccc4c3c2)c2ccccc21. The molecule has 0 saturated heterocycles. The van der Waals surface area contributed by atoms with Crippen LogP contribution < -0.4 is 0 Å². The predicted octanol–water partition coefficient (Wildman–Crippen LogP) is 6.79. The molecule has 135 valence electrons. The summed E-state index contributed by atoms with van der Waals surface area (Å²) < 4.78 is 8.07. The van der Waals surface area contributed by atoms with Crippen molar-refractivity contribution in [2.24, 2.45) is 0 Å². The van der Waals surface area contributed by atoms with Gasteiger partial charge in [0.05, 0.1) is 0 Å². The van der Waals surface area contributed by atoms with Crippen LogP contribution in [0, 0.1) is 12.3 Å². The van der Waals surface area contributed by atoms with E-state index in [-0.39, 0.29) is 32.7 Å². The van der Waals surface area contributed by atoms with Crippen molar-refractivity contribution in [2.75, 3.05) is 0 Å². The van der Waals surface area contributed by atoms with Crippen molar-refractivity contribution < 1.29 is 37.1 Å². The molecule has 2 nitrogen and oxygen atoms in total. The molecule has 0 atom stereocenters. The Bertz CT molecular complexity index is 1460. The summed E-state index contributed by atoms with van der Waals surface area (Å²) in [7, 11) is 0. The zero-order valence-corrected chi connectivity index (χ0v) is 18.4. The van der Waals surface area contributed by atoms with E-state index in [0.29, 0.717) is 0 Å². The maximum atomic E-state index is 5.98. The Morgan fingerprint density at radius 1 is 0.690 bits per heavy atom. The molecule has 6 rings (SSSR count). The fourth-order valence-electron chi connectivity index (χ4n) is 3.93. The summed E-state index contributed by atoms with van der Waals surface area (Å²) >= 11 is 0. The van der Waals surface area contributed by atoms with Gasteiger partial charge in [-0.05, 0) is 23.8 Å². The first-order chi connectivity index (χ1) is 13.9. The van der Waals surface area contributed by atoms with Crippen LogP contribution in [0.2, 0.25) is 0 Å². The van der Waals surface area contributed by atoms with Crippen LogP contribution in [0.3, 0.4) is 0 Å². The first-order valence-electron chi connectivity index (χ1n) is 9.30. The Hall–Kier alpha value is -2.68. The normalized spacial score (nSPS) is 11.2. The van der Waals surface area contributed by atoms with Crippen molar-refractivity contribution in [2.45, 2.75) is 0 Å². The number of benzene rings is 4. The molecule has 0 fully saturated rings. The maximum Gasteiger partial charge on any atom is 0.135 e. The number of hydrogen-bond acceptors (Lipinski definition) is 1. The van der Waals surface area contributed by atoms with E-state index in [1.807, 2.05) is 36.4 Å². The van der Waals surface area contributed by atoms with Gasteiger partial charge >= 0.3 is 0 Å². The molecule has 0 spiro atoms. The zero-order valence-electron chi connectivity index (χ0n) is 15.6. The molecular weight excluding hydrogens is 431 g/mol. The molecule has 4 aromatic carbocycles. The summed E-state index contributed by atoms with van der Waals surface area (Å²) in [6.07, 6.45) is 3.58. The van der Waals surface area contributed by atoms with Gasteiger partial charge in [0.25, 0.3) is 0 Å². The fraction of sp³-hybridized carbons (Fsp3) is 0. The van der Waals surface area contributed by atoms with Crippen LogP contribution in [0.4, 0.5) is 0 Å². The molecule has 2 aromatic heterocycles. The minimum atomic E-state index is 0.